The minimum absolute atomic E-state index is 0.00880. The van der Waals surface area contributed by atoms with Gasteiger partial charge in [0.2, 0.25) is 15.9 Å². The van der Waals surface area contributed by atoms with Crippen LogP contribution in [0.1, 0.15) is 51.4 Å². The van der Waals surface area contributed by atoms with Crippen molar-refractivity contribution in [2.24, 2.45) is 11.8 Å². The van der Waals surface area contributed by atoms with E-state index < -0.39 is 10.0 Å². The van der Waals surface area contributed by atoms with Crippen molar-refractivity contribution in [3.05, 3.63) is 0 Å². The van der Waals surface area contributed by atoms with Gasteiger partial charge in [-0.1, -0.05) is 6.42 Å². The number of carbonyl (C=O) groups is 1. The van der Waals surface area contributed by atoms with Crippen molar-refractivity contribution in [3.8, 4) is 0 Å². The third kappa shape index (κ3) is 5.16. The van der Waals surface area contributed by atoms with Gasteiger partial charge in [0.05, 0.1) is 5.75 Å². The van der Waals surface area contributed by atoms with Crippen LogP contribution in [0.15, 0.2) is 0 Å². The summed E-state index contributed by atoms with van der Waals surface area (Å²) < 4.78 is 26.4. The highest BCUT2D eigenvalue weighted by atomic mass is 32.2. The highest BCUT2D eigenvalue weighted by molar-refractivity contribution is 7.89. The lowest BCUT2D eigenvalue weighted by atomic mass is 9.86. The maximum absolute atomic E-state index is 12.0. The summed E-state index contributed by atoms with van der Waals surface area (Å²) in [5.74, 6) is 0.922. The molecular formula is C16H29N3O3S. The molecule has 2 aliphatic heterocycles. The SMILES string of the molecule is O=C(CC1CC2CCC(C1)N2)NCCS(=O)(=O)NCC1CCC1. The smallest absolute Gasteiger partial charge is 0.220 e. The van der Waals surface area contributed by atoms with E-state index in [1.165, 1.54) is 19.3 Å². The topological polar surface area (TPSA) is 87.3 Å². The Morgan fingerprint density at radius 1 is 1.04 bits per heavy atom. The van der Waals surface area contributed by atoms with Crippen molar-refractivity contribution < 1.29 is 13.2 Å². The standard InChI is InChI=1S/C16H29N3O3S/c20-16(10-13-8-14-4-5-15(9-13)19-14)17-6-7-23(21,22)18-11-12-2-1-3-12/h12-15,18-19H,1-11H2,(H,17,20). The first kappa shape index (κ1) is 17.2. The van der Waals surface area contributed by atoms with Crippen LogP contribution in [-0.4, -0.2) is 45.3 Å². The number of carbonyl (C=O) groups excluding carboxylic acids is 1. The fraction of sp³-hybridized carbons (Fsp3) is 0.938. The Bertz CT molecular complexity index is 507. The molecule has 2 unspecified atom stereocenters. The number of sulfonamides is 1. The lowest BCUT2D eigenvalue weighted by Gasteiger charge is -2.28. The van der Waals surface area contributed by atoms with Crippen molar-refractivity contribution in [2.75, 3.05) is 18.8 Å². The van der Waals surface area contributed by atoms with Gasteiger partial charge in [0.25, 0.3) is 0 Å². The predicted molar refractivity (Wildman–Crippen MR) is 89.4 cm³/mol. The zero-order valence-electron chi connectivity index (χ0n) is 13.7. The van der Waals surface area contributed by atoms with Gasteiger partial charge in [-0.2, -0.15) is 0 Å². The highest BCUT2D eigenvalue weighted by Gasteiger charge is 2.34. The highest BCUT2D eigenvalue weighted by Crippen LogP contribution is 2.32. The van der Waals surface area contributed by atoms with Crippen LogP contribution in [0.5, 0.6) is 0 Å². The molecule has 0 aromatic carbocycles. The lowest BCUT2D eigenvalue weighted by molar-refractivity contribution is -0.122. The Morgan fingerprint density at radius 2 is 1.74 bits per heavy atom. The van der Waals surface area contributed by atoms with Gasteiger partial charge in [-0.05, 0) is 50.4 Å². The maximum atomic E-state index is 12.0. The maximum Gasteiger partial charge on any atom is 0.220 e. The first-order valence-corrected chi connectivity index (χ1v) is 10.7. The van der Waals surface area contributed by atoms with E-state index >= 15 is 0 Å². The van der Waals surface area contributed by atoms with Crippen LogP contribution in [0.2, 0.25) is 0 Å². The first-order chi connectivity index (χ1) is 11.0. The Hall–Kier alpha value is -0.660. The van der Waals surface area contributed by atoms with E-state index in [0.717, 1.165) is 25.7 Å². The molecule has 1 amide bonds. The van der Waals surface area contributed by atoms with Gasteiger partial charge in [-0.25, -0.2) is 13.1 Å². The average molecular weight is 343 g/mol. The Morgan fingerprint density at radius 3 is 2.35 bits per heavy atom. The fourth-order valence-electron chi connectivity index (χ4n) is 4.01. The molecule has 23 heavy (non-hydrogen) atoms. The summed E-state index contributed by atoms with van der Waals surface area (Å²) in [5.41, 5.74) is 0. The van der Waals surface area contributed by atoms with Gasteiger partial charge in [-0.3, -0.25) is 4.79 Å². The van der Waals surface area contributed by atoms with Gasteiger partial charge in [0.15, 0.2) is 0 Å². The summed E-state index contributed by atoms with van der Waals surface area (Å²) in [6.45, 7) is 0.755. The number of nitrogens with one attached hydrogen (secondary N) is 3. The normalized spacial score (nSPS) is 30.9. The number of hydrogen-bond donors (Lipinski definition) is 3. The van der Waals surface area contributed by atoms with Crippen LogP contribution in [0, 0.1) is 11.8 Å². The fourth-order valence-corrected chi connectivity index (χ4v) is 5.02. The predicted octanol–water partition coefficient (Wildman–Crippen LogP) is 0.743. The van der Waals surface area contributed by atoms with Crippen molar-refractivity contribution in [1.82, 2.24) is 15.4 Å². The second-order valence-electron chi connectivity index (χ2n) is 7.49. The van der Waals surface area contributed by atoms with Gasteiger partial charge in [0, 0.05) is 31.6 Å². The molecule has 6 nitrogen and oxygen atoms in total. The monoisotopic (exact) mass is 343 g/mol. The molecule has 2 atom stereocenters. The number of fused-ring (bicyclic) bond motifs is 2. The van der Waals surface area contributed by atoms with Crippen LogP contribution in [0.4, 0.5) is 0 Å². The number of hydrogen-bond acceptors (Lipinski definition) is 4. The molecule has 1 saturated carbocycles. The van der Waals surface area contributed by atoms with Gasteiger partial charge in [0.1, 0.15) is 0 Å². The molecule has 132 valence electrons. The van der Waals surface area contributed by atoms with Crippen molar-refractivity contribution >= 4 is 15.9 Å². The first-order valence-electron chi connectivity index (χ1n) is 9.00. The number of amides is 1. The second-order valence-corrected chi connectivity index (χ2v) is 9.42. The average Bonchev–Trinajstić information content (AvgIpc) is 2.75. The second kappa shape index (κ2) is 7.49. The molecular weight excluding hydrogens is 314 g/mol. The lowest BCUT2D eigenvalue weighted by Crippen LogP contribution is -2.41. The molecule has 3 aliphatic rings. The molecule has 3 N–H and O–H groups in total. The largest absolute Gasteiger partial charge is 0.355 e. The van der Waals surface area contributed by atoms with Crippen LogP contribution >= 0.6 is 0 Å². The summed E-state index contributed by atoms with van der Waals surface area (Å²) in [6.07, 6.45) is 8.60. The summed E-state index contributed by atoms with van der Waals surface area (Å²) in [6, 6.07) is 1.17. The minimum atomic E-state index is -3.26. The third-order valence-corrected chi connectivity index (χ3v) is 6.90. The van der Waals surface area contributed by atoms with E-state index in [0.29, 0.717) is 36.9 Å². The van der Waals surface area contributed by atoms with Crippen LogP contribution in [0.25, 0.3) is 0 Å². The third-order valence-electron chi connectivity index (χ3n) is 5.55. The molecule has 0 aromatic heterocycles. The van der Waals surface area contributed by atoms with Crippen molar-refractivity contribution in [3.63, 3.8) is 0 Å². The summed E-state index contributed by atoms with van der Waals surface area (Å²) in [7, 11) is -3.26. The van der Waals surface area contributed by atoms with E-state index in [-0.39, 0.29) is 18.2 Å². The molecule has 0 aromatic rings. The zero-order valence-corrected chi connectivity index (χ0v) is 14.5. The van der Waals surface area contributed by atoms with E-state index in [1.807, 2.05) is 0 Å². The van der Waals surface area contributed by atoms with E-state index in [4.69, 9.17) is 0 Å². The zero-order chi connectivity index (χ0) is 16.3. The number of rotatable bonds is 8. The quantitative estimate of drug-likeness (QED) is 0.607. The van der Waals surface area contributed by atoms with Crippen LogP contribution in [0.3, 0.4) is 0 Å². The van der Waals surface area contributed by atoms with Gasteiger partial charge in [-0.15, -0.1) is 0 Å². The molecule has 0 radical (unpaired) electrons. The molecule has 2 heterocycles. The molecule has 7 heteroatoms. The number of piperidine rings is 1. The van der Waals surface area contributed by atoms with Crippen molar-refractivity contribution in [1.29, 1.82) is 0 Å². The molecule has 2 bridgehead atoms. The molecule has 1 aliphatic carbocycles. The summed E-state index contributed by atoms with van der Waals surface area (Å²) >= 11 is 0. The van der Waals surface area contributed by atoms with E-state index in [9.17, 15) is 13.2 Å². The van der Waals surface area contributed by atoms with Crippen LogP contribution in [-0.2, 0) is 14.8 Å². The molecule has 3 fully saturated rings. The summed E-state index contributed by atoms with van der Waals surface area (Å²) in [4.78, 5) is 12.0. The van der Waals surface area contributed by atoms with Gasteiger partial charge >= 0.3 is 0 Å². The minimum Gasteiger partial charge on any atom is -0.355 e. The van der Waals surface area contributed by atoms with E-state index in [1.54, 1.807) is 0 Å². The Balaban J connectivity index is 1.31. The molecule has 3 rings (SSSR count). The molecule has 0 spiro atoms. The molecule has 2 saturated heterocycles. The van der Waals surface area contributed by atoms with Crippen molar-refractivity contribution in [2.45, 2.75) is 63.5 Å². The van der Waals surface area contributed by atoms with E-state index in [2.05, 4.69) is 15.4 Å². The summed E-state index contributed by atoms with van der Waals surface area (Å²) in [5, 5.41) is 6.34. The van der Waals surface area contributed by atoms with Gasteiger partial charge < -0.3 is 10.6 Å². The Labute approximate surface area is 139 Å². The van der Waals surface area contributed by atoms with Crippen LogP contribution < -0.4 is 15.4 Å². The Kier molecular flexibility index (Phi) is 5.59.